The molecule has 0 spiro atoms. The van der Waals surface area contributed by atoms with Gasteiger partial charge in [-0.3, -0.25) is 4.79 Å². The van der Waals surface area contributed by atoms with Crippen LogP contribution in [0.5, 0.6) is 0 Å². The number of aromatic nitrogens is 1. The maximum absolute atomic E-state index is 10.9. The molecule has 5 heteroatoms. The molecule has 13 heavy (non-hydrogen) atoms. The summed E-state index contributed by atoms with van der Waals surface area (Å²) in [5, 5.41) is 3.18. The minimum absolute atomic E-state index is 0.0630. The molecule has 0 saturated carbocycles. The van der Waals surface area contributed by atoms with E-state index in [-0.39, 0.29) is 5.91 Å². The number of hydrogen-bond donors (Lipinski definition) is 1. The van der Waals surface area contributed by atoms with Gasteiger partial charge in [-0.1, -0.05) is 6.92 Å². The third-order valence-corrected chi connectivity index (χ3v) is 2.34. The summed E-state index contributed by atoms with van der Waals surface area (Å²) in [6.07, 6.45) is 3.21. The Morgan fingerprint density at radius 1 is 1.77 bits per heavy atom. The largest absolute Gasteiger partial charge is 0.303 e. The van der Waals surface area contributed by atoms with Gasteiger partial charge in [0.15, 0.2) is 5.13 Å². The third kappa shape index (κ3) is 2.95. The van der Waals surface area contributed by atoms with Crippen molar-refractivity contribution in [1.29, 1.82) is 0 Å². The van der Waals surface area contributed by atoms with E-state index >= 15 is 0 Å². The molecule has 1 aromatic rings. The van der Waals surface area contributed by atoms with Crippen molar-refractivity contribution >= 4 is 28.7 Å². The highest BCUT2D eigenvalue weighted by Crippen LogP contribution is 2.17. The molecule has 1 rings (SSSR count). The van der Waals surface area contributed by atoms with Crippen molar-refractivity contribution < 1.29 is 9.59 Å². The number of hydrogen-bond acceptors (Lipinski definition) is 4. The predicted octanol–water partition coefficient (Wildman–Crippen LogP) is 1.23. The van der Waals surface area contributed by atoms with Gasteiger partial charge in [0.2, 0.25) is 5.91 Å². The van der Waals surface area contributed by atoms with Gasteiger partial charge in [-0.15, -0.1) is 11.3 Å². The first-order chi connectivity index (χ1) is 6.26. The summed E-state index contributed by atoms with van der Waals surface area (Å²) < 4.78 is 0. The maximum atomic E-state index is 10.9. The molecule has 0 aliphatic rings. The molecule has 0 bridgehead atoms. The van der Waals surface area contributed by atoms with E-state index < -0.39 is 0 Å². The highest BCUT2D eigenvalue weighted by Gasteiger charge is 2.03. The van der Waals surface area contributed by atoms with Gasteiger partial charge in [0.25, 0.3) is 0 Å². The SMILES string of the molecule is CCC(=O)Nc1ncc(CC=O)s1. The van der Waals surface area contributed by atoms with E-state index in [1.165, 1.54) is 11.3 Å². The van der Waals surface area contributed by atoms with Crippen molar-refractivity contribution in [2.45, 2.75) is 19.8 Å². The Morgan fingerprint density at radius 3 is 3.15 bits per heavy atom. The van der Waals surface area contributed by atoms with Crippen LogP contribution < -0.4 is 5.32 Å². The minimum Gasteiger partial charge on any atom is -0.303 e. The number of nitrogens with one attached hydrogen (secondary N) is 1. The molecule has 0 unspecified atom stereocenters. The second-order valence-electron chi connectivity index (χ2n) is 2.40. The summed E-state index contributed by atoms with van der Waals surface area (Å²) in [6.45, 7) is 1.77. The minimum atomic E-state index is -0.0630. The third-order valence-electron chi connectivity index (χ3n) is 1.41. The molecule has 0 atom stereocenters. The lowest BCUT2D eigenvalue weighted by molar-refractivity contribution is -0.115. The average molecular weight is 198 g/mol. The predicted molar refractivity (Wildman–Crippen MR) is 50.8 cm³/mol. The Balaban J connectivity index is 2.58. The molecule has 1 heterocycles. The van der Waals surface area contributed by atoms with Gasteiger partial charge in [0, 0.05) is 23.9 Å². The van der Waals surface area contributed by atoms with E-state index in [1.54, 1.807) is 13.1 Å². The Bertz CT molecular complexity index is 309. The van der Waals surface area contributed by atoms with Gasteiger partial charge in [-0.25, -0.2) is 4.98 Å². The Hall–Kier alpha value is -1.23. The van der Waals surface area contributed by atoms with Crippen LogP contribution in [-0.2, 0) is 16.0 Å². The summed E-state index contributed by atoms with van der Waals surface area (Å²) in [5.74, 6) is -0.0630. The molecule has 0 saturated heterocycles. The van der Waals surface area contributed by atoms with E-state index in [0.717, 1.165) is 11.2 Å². The van der Waals surface area contributed by atoms with Gasteiger partial charge in [0.1, 0.15) is 6.29 Å². The number of aldehydes is 1. The molecule has 1 N–H and O–H groups in total. The van der Waals surface area contributed by atoms with E-state index in [0.29, 0.717) is 18.0 Å². The zero-order chi connectivity index (χ0) is 9.68. The molecule has 0 aliphatic carbocycles. The first-order valence-corrected chi connectivity index (χ1v) is 4.76. The van der Waals surface area contributed by atoms with Crippen LogP contribution in [0.15, 0.2) is 6.20 Å². The number of amides is 1. The smallest absolute Gasteiger partial charge is 0.225 e. The van der Waals surface area contributed by atoms with Crippen LogP contribution in [0.1, 0.15) is 18.2 Å². The topological polar surface area (TPSA) is 59.1 Å². The van der Waals surface area contributed by atoms with Crippen molar-refractivity contribution in [1.82, 2.24) is 4.98 Å². The number of carbonyl (C=O) groups is 2. The van der Waals surface area contributed by atoms with E-state index in [1.807, 2.05) is 0 Å². The summed E-state index contributed by atoms with van der Waals surface area (Å²) in [7, 11) is 0. The van der Waals surface area contributed by atoms with Crippen LogP contribution in [0, 0.1) is 0 Å². The molecule has 1 aromatic heterocycles. The van der Waals surface area contributed by atoms with Gasteiger partial charge in [0.05, 0.1) is 0 Å². The number of carbonyl (C=O) groups excluding carboxylic acids is 2. The standard InChI is InChI=1S/C8H10N2O2S/c1-2-7(12)10-8-9-5-6(13-8)3-4-11/h4-5H,2-3H2,1H3,(H,9,10,12). The second-order valence-corrected chi connectivity index (χ2v) is 3.52. The van der Waals surface area contributed by atoms with Crippen LogP contribution in [0.25, 0.3) is 0 Å². The van der Waals surface area contributed by atoms with Crippen molar-refractivity contribution in [3.05, 3.63) is 11.1 Å². The molecule has 4 nitrogen and oxygen atoms in total. The van der Waals surface area contributed by atoms with Crippen molar-refractivity contribution in [3.8, 4) is 0 Å². The lowest BCUT2D eigenvalue weighted by atomic mass is 10.4. The van der Waals surface area contributed by atoms with Crippen molar-refractivity contribution in [3.63, 3.8) is 0 Å². The highest BCUT2D eigenvalue weighted by molar-refractivity contribution is 7.15. The fourth-order valence-electron chi connectivity index (χ4n) is 0.749. The molecule has 0 aliphatic heterocycles. The molecule has 1 amide bonds. The van der Waals surface area contributed by atoms with Crippen molar-refractivity contribution in [2.75, 3.05) is 5.32 Å². The van der Waals surface area contributed by atoms with Gasteiger partial charge in [-0.2, -0.15) is 0 Å². The molecule has 0 radical (unpaired) electrons. The fourth-order valence-corrected chi connectivity index (χ4v) is 1.52. The van der Waals surface area contributed by atoms with E-state index in [4.69, 9.17) is 0 Å². The Labute approximate surface area is 80.0 Å². The van der Waals surface area contributed by atoms with E-state index in [2.05, 4.69) is 10.3 Å². The number of anilines is 1. The number of thiazole rings is 1. The first-order valence-electron chi connectivity index (χ1n) is 3.94. The van der Waals surface area contributed by atoms with Crippen LogP contribution in [0.3, 0.4) is 0 Å². The fraction of sp³-hybridized carbons (Fsp3) is 0.375. The lowest BCUT2D eigenvalue weighted by Gasteiger charge is -1.95. The van der Waals surface area contributed by atoms with Gasteiger partial charge < -0.3 is 10.1 Å². The Kier molecular flexibility index (Phi) is 3.57. The number of nitrogens with zero attached hydrogens (tertiary/aromatic N) is 1. The Morgan fingerprint density at radius 2 is 2.54 bits per heavy atom. The van der Waals surface area contributed by atoms with Gasteiger partial charge in [-0.05, 0) is 0 Å². The molecular weight excluding hydrogens is 188 g/mol. The normalized spacial score (nSPS) is 9.62. The summed E-state index contributed by atoms with van der Waals surface area (Å²) in [6, 6.07) is 0. The highest BCUT2D eigenvalue weighted by atomic mass is 32.1. The molecule has 70 valence electrons. The van der Waals surface area contributed by atoms with Crippen LogP contribution >= 0.6 is 11.3 Å². The van der Waals surface area contributed by atoms with Crippen LogP contribution in [0.4, 0.5) is 5.13 Å². The summed E-state index contributed by atoms with van der Waals surface area (Å²) in [4.78, 5) is 25.9. The summed E-state index contributed by atoms with van der Waals surface area (Å²) >= 11 is 1.33. The second kappa shape index (κ2) is 4.71. The zero-order valence-electron chi connectivity index (χ0n) is 7.24. The van der Waals surface area contributed by atoms with Crippen LogP contribution in [0.2, 0.25) is 0 Å². The van der Waals surface area contributed by atoms with Crippen molar-refractivity contribution in [2.24, 2.45) is 0 Å². The summed E-state index contributed by atoms with van der Waals surface area (Å²) in [5.41, 5.74) is 0. The maximum Gasteiger partial charge on any atom is 0.225 e. The van der Waals surface area contributed by atoms with Crippen LogP contribution in [-0.4, -0.2) is 17.2 Å². The lowest BCUT2D eigenvalue weighted by Crippen LogP contribution is -2.08. The molecular formula is C8H10N2O2S. The average Bonchev–Trinajstić information content (AvgIpc) is 2.53. The quantitative estimate of drug-likeness (QED) is 0.740. The zero-order valence-corrected chi connectivity index (χ0v) is 8.06. The molecule has 0 aromatic carbocycles. The monoisotopic (exact) mass is 198 g/mol. The first kappa shape index (κ1) is 9.85. The van der Waals surface area contributed by atoms with E-state index in [9.17, 15) is 9.59 Å². The molecule has 0 fully saturated rings. The number of rotatable bonds is 4. The van der Waals surface area contributed by atoms with Gasteiger partial charge >= 0.3 is 0 Å².